The van der Waals surface area contributed by atoms with Crippen LogP contribution in [0.4, 0.5) is 0 Å². The number of hydrogen-bond donors (Lipinski definition) is 2. The monoisotopic (exact) mass is 255 g/mol. The molecule has 0 saturated heterocycles. The largest absolute Gasteiger partial charge is 0.506 e. The lowest BCUT2D eigenvalue weighted by atomic mass is 10.2. The maximum absolute atomic E-state index is 9.66. The van der Waals surface area contributed by atoms with Crippen molar-refractivity contribution in [1.29, 1.82) is 0 Å². The Balaban J connectivity index is 2.18. The Morgan fingerprint density at radius 1 is 1.41 bits per heavy atom. The summed E-state index contributed by atoms with van der Waals surface area (Å²) in [5.74, 6) is 0.147. The molecule has 0 spiro atoms. The van der Waals surface area contributed by atoms with Crippen LogP contribution in [-0.4, -0.2) is 24.9 Å². The lowest BCUT2D eigenvalue weighted by Gasteiger charge is -2.08. The maximum atomic E-state index is 9.66. The van der Waals surface area contributed by atoms with E-state index in [1.54, 1.807) is 6.07 Å². The molecular weight excluding hydrogens is 238 g/mol. The number of nitrogens with one attached hydrogen (secondary N) is 1. The van der Waals surface area contributed by atoms with E-state index < -0.39 is 0 Å². The third kappa shape index (κ3) is 5.22. The van der Waals surface area contributed by atoms with Crippen molar-refractivity contribution in [3.8, 4) is 5.75 Å². The van der Waals surface area contributed by atoms with Gasteiger partial charge in [0.2, 0.25) is 0 Å². The summed E-state index contributed by atoms with van der Waals surface area (Å²) in [6, 6.07) is 5.32. The molecule has 0 bridgehead atoms. The van der Waals surface area contributed by atoms with Crippen LogP contribution in [0.3, 0.4) is 0 Å². The summed E-state index contributed by atoms with van der Waals surface area (Å²) in [7, 11) is 0. The second kappa shape index (κ2) is 8.12. The molecule has 0 aliphatic heterocycles. The van der Waals surface area contributed by atoms with E-state index in [0.717, 1.165) is 18.5 Å². The molecule has 4 heteroatoms. The van der Waals surface area contributed by atoms with Crippen LogP contribution in [0.5, 0.6) is 5.75 Å². The lowest BCUT2D eigenvalue weighted by molar-refractivity contribution is 0.140. The summed E-state index contributed by atoms with van der Waals surface area (Å²) in [5.41, 5.74) is 0.795. The van der Waals surface area contributed by atoms with Crippen LogP contribution in [-0.2, 0) is 11.3 Å². The van der Waals surface area contributed by atoms with Crippen LogP contribution in [0.1, 0.15) is 12.0 Å². The van der Waals surface area contributed by atoms with Gasteiger partial charge in [-0.3, -0.25) is 0 Å². The average Bonchev–Trinajstić information content (AvgIpc) is 2.33. The molecule has 0 aliphatic carbocycles. The molecular formula is C13H18ClNO2. The van der Waals surface area contributed by atoms with Crippen LogP contribution in [0.25, 0.3) is 0 Å². The number of benzene rings is 1. The number of phenolic OH excluding ortho intramolecular Hbond substituents is 1. The number of para-hydroxylation sites is 1. The Morgan fingerprint density at radius 2 is 2.24 bits per heavy atom. The van der Waals surface area contributed by atoms with Crippen LogP contribution in [0, 0.1) is 0 Å². The zero-order valence-electron chi connectivity index (χ0n) is 9.79. The van der Waals surface area contributed by atoms with E-state index >= 15 is 0 Å². The summed E-state index contributed by atoms with van der Waals surface area (Å²) in [5, 5.41) is 13.2. The van der Waals surface area contributed by atoms with Gasteiger partial charge in [0, 0.05) is 18.7 Å². The minimum absolute atomic E-state index is 0.147. The molecule has 0 unspecified atom stereocenters. The first-order valence-electron chi connectivity index (χ1n) is 5.61. The molecule has 0 amide bonds. The molecule has 1 aromatic carbocycles. The highest BCUT2D eigenvalue weighted by Gasteiger charge is 2.03. The molecule has 0 atom stereocenters. The first-order chi connectivity index (χ1) is 8.25. The molecule has 3 nitrogen and oxygen atoms in total. The Kier molecular flexibility index (Phi) is 6.70. The van der Waals surface area contributed by atoms with Crippen molar-refractivity contribution in [3.63, 3.8) is 0 Å². The highest BCUT2D eigenvalue weighted by atomic mass is 35.5. The van der Waals surface area contributed by atoms with E-state index in [9.17, 15) is 5.11 Å². The predicted octanol–water partition coefficient (Wildman–Crippen LogP) is 2.73. The van der Waals surface area contributed by atoms with Crippen molar-refractivity contribution >= 4 is 11.6 Å². The minimum Gasteiger partial charge on any atom is -0.506 e. The van der Waals surface area contributed by atoms with Crippen molar-refractivity contribution in [3.05, 3.63) is 41.4 Å². The van der Waals surface area contributed by atoms with Gasteiger partial charge in [0.05, 0.1) is 18.2 Å². The van der Waals surface area contributed by atoms with E-state index in [-0.39, 0.29) is 5.75 Å². The zero-order valence-corrected chi connectivity index (χ0v) is 10.5. The smallest absolute Gasteiger partial charge is 0.138 e. The van der Waals surface area contributed by atoms with E-state index in [0.29, 0.717) is 24.8 Å². The number of rotatable bonds is 8. The third-order valence-corrected chi connectivity index (χ3v) is 2.58. The maximum Gasteiger partial charge on any atom is 0.138 e. The molecule has 0 aromatic heterocycles. The molecule has 1 rings (SSSR count). The number of hydrogen-bond acceptors (Lipinski definition) is 3. The first kappa shape index (κ1) is 14.0. The van der Waals surface area contributed by atoms with Crippen molar-refractivity contribution < 1.29 is 9.84 Å². The van der Waals surface area contributed by atoms with Gasteiger partial charge in [0.1, 0.15) is 5.75 Å². The van der Waals surface area contributed by atoms with Crippen molar-refractivity contribution in [2.24, 2.45) is 0 Å². The van der Waals surface area contributed by atoms with Crippen LogP contribution in [0.2, 0.25) is 5.02 Å². The molecule has 1 aromatic rings. The van der Waals surface area contributed by atoms with E-state index in [1.165, 1.54) is 0 Å². The summed E-state index contributed by atoms with van der Waals surface area (Å²) in [4.78, 5) is 0. The topological polar surface area (TPSA) is 41.5 Å². The molecule has 0 aliphatic rings. The fraction of sp³-hybridized carbons (Fsp3) is 0.385. The number of ether oxygens (including phenoxy) is 1. The highest BCUT2D eigenvalue weighted by molar-refractivity contribution is 6.32. The highest BCUT2D eigenvalue weighted by Crippen LogP contribution is 2.26. The van der Waals surface area contributed by atoms with Gasteiger partial charge in [-0.2, -0.15) is 0 Å². The SMILES string of the molecule is C=CCCOCCNCc1cccc(Cl)c1O. The second-order valence-corrected chi connectivity index (χ2v) is 4.02. The molecule has 94 valence electrons. The zero-order chi connectivity index (χ0) is 12.5. The summed E-state index contributed by atoms with van der Waals surface area (Å²) >= 11 is 5.80. The molecule has 0 saturated carbocycles. The van der Waals surface area contributed by atoms with Gasteiger partial charge in [-0.15, -0.1) is 6.58 Å². The van der Waals surface area contributed by atoms with Crippen LogP contribution in [0.15, 0.2) is 30.9 Å². The first-order valence-corrected chi connectivity index (χ1v) is 5.99. The Morgan fingerprint density at radius 3 is 3.00 bits per heavy atom. The number of aromatic hydroxyl groups is 1. The average molecular weight is 256 g/mol. The summed E-state index contributed by atoms with van der Waals surface area (Å²) in [6.45, 7) is 6.29. The lowest BCUT2D eigenvalue weighted by Crippen LogP contribution is -2.19. The molecule has 0 heterocycles. The fourth-order valence-electron chi connectivity index (χ4n) is 1.34. The van der Waals surface area contributed by atoms with Gasteiger partial charge in [0.25, 0.3) is 0 Å². The van der Waals surface area contributed by atoms with Crippen molar-refractivity contribution in [2.75, 3.05) is 19.8 Å². The van der Waals surface area contributed by atoms with Crippen molar-refractivity contribution in [1.82, 2.24) is 5.32 Å². The summed E-state index contributed by atoms with van der Waals surface area (Å²) < 4.78 is 5.34. The van der Waals surface area contributed by atoms with E-state index in [1.807, 2.05) is 18.2 Å². The van der Waals surface area contributed by atoms with Crippen LogP contribution >= 0.6 is 11.6 Å². The molecule has 0 radical (unpaired) electrons. The predicted molar refractivity (Wildman–Crippen MR) is 70.5 cm³/mol. The minimum atomic E-state index is 0.147. The standard InChI is InChI=1S/C13H18ClNO2/c1-2-3-8-17-9-7-15-10-11-5-4-6-12(14)13(11)16/h2,4-6,15-16H,1,3,7-10H2. The molecule has 2 N–H and O–H groups in total. The number of phenols is 1. The van der Waals surface area contributed by atoms with Gasteiger partial charge in [-0.1, -0.05) is 29.8 Å². The Hall–Kier alpha value is -1.03. The molecule has 17 heavy (non-hydrogen) atoms. The van der Waals surface area contributed by atoms with Crippen molar-refractivity contribution in [2.45, 2.75) is 13.0 Å². The van der Waals surface area contributed by atoms with E-state index in [4.69, 9.17) is 16.3 Å². The van der Waals surface area contributed by atoms with Gasteiger partial charge in [0.15, 0.2) is 0 Å². The van der Waals surface area contributed by atoms with Gasteiger partial charge in [-0.25, -0.2) is 0 Å². The quantitative estimate of drug-likeness (QED) is 0.554. The van der Waals surface area contributed by atoms with Gasteiger partial charge >= 0.3 is 0 Å². The van der Waals surface area contributed by atoms with E-state index in [2.05, 4.69) is 11.9 Å². The second-order valence-electron chi connectivity index (χ2n) is 3.61. The number of halogens is 1. The van der Waals surface area contributed by atoms with Gasteiger partial charge in [-0.05, 0) is 12.5 Å². The Bertz CT molecular complexity index is 355. The third-order valence-electron chi connectivity index (χ3n) is 2.28. The van der Waals surface area contributed by atoms with Gasteiger partial charge < -0.3 is 15.2 Å². The summed E-state index contributed by atoms with van der Waals surface area (Å²) in [6.07, 6.45) is 2.70. The Labute approximate surface area is 107 Å². The normalized spacial score (nSPS) is 10.4. The van der Waals surface area contributed by atoms with Crippen LogP contribution < -0.4 is 5.32 Å². The molecule has 0 fully saturated rings. The fourth-order valence-corrected chi connectivity index (χ4v) is 1.53.